The lowest BCUT2D eigenvalue weighted by Gasteiger charge is -2.25. The number of rotatable bonds is 23. The zero-order chi connectivity index (χ0) is 26.6. The fourth-order valence-corrected chi connectivity index (χ4v) is 4.18. The highest BCUT2D eigenvalue weighted by Crippen LogP contribution is 2.43. The average Bonchev–Trinajstić information content (AvgIpc) is 2.77. The molecule has 0 aromatic carbocycles. The van der Waals surface area contributed by atoms with Gasteiger partial charge in [0.25, 0.3) is 0 Å². The molecule has 208 valence electrons. The molecule has 3 unspecified atom stereocenters. The molecule has 3 atom stereocenters. The van der Waals surface area contributed by atoms with Gasteiger partial charge in [-0.3, -0.25) is 13.8 Å². The molecule has 3 N–H and O–H groups in total. The summed E-state index contributed by atoms with van der Waals surface area (Å²) in [5.41, 5.74) is 0. The summed E-state index contributed by atoms with van der Waals surface area (Å²) in [6.45, 7) is 4.61. The van der Waals surface area contributed by atoms with Crippen LogP contribution in [-0.4, -0.2) is 73.4 Å². The quantitative estimate of drug-likeness (QED) is 0.0726. The third kappa shape index (κ3) is 22.2. The molecule has 35 heavy (non-hydrogen) atoms. The van der Waals surface area contributed by atoms with E-state index in [-0.39, 0.29) is 19.1 Å². The van der Waals surface area contributed by atoms with Crippen LogP contribution < -0.4 is 5.32 Å². The van der Waals surface area contributed by atoms with Crippen molar-refractivity contribution in [3.63, 3.8) is 0 Å². The molecule has 0 aromatic rings. The summed E-state index contributed by atoms with van der Waals surface area (Å²) >= 11 is 0. The van der Waals surface area contributed by atoms with Gasteiger partial charge in [0.2, 0.25) is 5.91 Å². The van der Waals surface area contributed by atoms with Crippen molar-refractivity contribution >= 4 is 13.7 Å². The van der Waals surface area contributed by atoms with E-state index in [9.17, 15) is 19.4 Å². The molecular formula is C26H54N2O6P+. The first-order valence-electron chi connectivity index (χ1n) is 13.6. The minimum atomic E-state index is -4.29. The van der Waals surface area contributed by atoms with Gasteiger partial charge in [-0.05, 0) is 19.3 Å². The molecule has 0 spiro atoms. The highest BCUT2D eigenvalue weighted by Gasteiger charge is 2.27. The first kappa shape index (κ1) is 34.2. The first-order valence-corrected chi connectivity index (χ1v) is 15.1. The maximum absolute atomic E-state index is 12.5. The highest BCUT2D eigenvalue weighted by molar-refractivity contribution is 7.47. The summed E-state index contributed by atoms with van der Waals surface area (Å²) in [7, 11) is 1.56. The fraction of sp³-hybridized carbons (Fsp3) is 0.885. The zero-order valence-electron chi connectivity index (χ0n) is 23.0. The van der Waals surface area contributed by atoms with Crippen molar-refractivity contribution in [3.8, 4) is 0 Å². The molecular weight excluding hydrogens is 467 g/mol. The number of allylic oxidation sites excluding steroid dienone is 1. The molecule has 0 bridgehead atoms. The Kier molecular flexibility index (Phi) is 19.9. The number of phosphoric acid groups is 1. The minimum absolute atomic E-state index is 0.0621. The van der Waals surface area contributed by atoms with Crippen molar-refractivity contribution < 1.29 is 32.9 Å². The molecule has 0 aliphatic heterocycles. The van der Waals surface area contributed by atoms with Crippen LogP contribution in [0.2, 0.25) is 0 Å². The number of hydrogen-bond acceptors (Lipinski definition) is 5. The molecule has 9 heteroatoms. The maximum atomic E-state index is 12.5. The van der Waals surface area contributed by atoms with Crippen LogP contribution in [0.4, 0.5) is 0 Å². The number of quaternary nitrogens is 1. The van der Waals surface area contributed by atoms with Crippen LogP contribution in [0.25, 0.3) is 0 Å². The Morgan fingerprint density at radius 3 is 2.11 bits per heavy atom. The number of aliphatic hydroxyl groups excluding tert-OH is 1. The molecule has 0 heterocycles. The summed E-state index contributed by atoms with van der Waals surface area (Å²) in [5.74, 6) is -0.193. The lowest BCUT2D eigenvalue weighted by molar-refractivity contribution is -0.870. The number of carbonyl (C=O) groups is 1. The number of nitrogens with zero attached hydrogens (tertiary/aromatic N) is 1. The monoisotopic (exact) mass is 521 g/mol. The smallest absolute Gasteiger partial charge is 0.387 e. The van der Waals surface area contributed by atoms with E-state index < -0.39 is 20.0 Å². The number of unbranched alkanes of at least 4 members (excludes halogenated alkanes) is 10. The van der Waals surface area contributed by atoms with Crippen LogP contribution in [-0.2, 0) is 18.4 Å². The molecule has 0 fully saturated rings. The van der Waals surface area contributed by atoms with E-state index >= 15 is 0 Å². The van der Waals surface area contributed by atoms with Gasteiger partial charge in [0.05, 0.1) is 39.9 Å². The van der Waals surface area contributed by atoms with Gasteiger partial charge in [0.15, 0.2) is 0 Å². The van der Waals surface area contributed by atoms with E-state index in [1.165, 1.54) is 32.1 Å². The van der Waals surface area contributed by atoms with E-state index in [4.69, 9.17) is 9.05 Å². The summed E-state index contributed by atoms with van der Waals surface area (Å²) < 4.78 is 23.0. The van der Waals surface area contributed by atoms with Crippen molar-refractivity contribution in [1.29, 1.82) is 0 Å². The van der Waals surface area contributed by atoms with E-state index in [2.05, 4.69) is 19.2 Å². The van der Waals surface area contributed by atoms with E-state index in [0.29, 0.717) is 17.4 Å². The lowest BCUT2D eigenvalue weighted by atomic mass is 10.1. The molecule has 0 saturated carbocycles. The molecule has 0 saturated heterocycles. The number of hydrogen-bond donors (Lipinski definition) is 3. The van der Waals surface area contributed by atoms with Gasteiger partial charge in [0.1, 0.15) is 13.2 Å². The van der Waals surface area contributed by atoms with Gasteiger partial charge in [-0.2, -0.15) is 0 Å². The van der Waals surface area contributed by atoms with Gasteiger partial charge in [-0.1, -0.05) is 83.8 Å². The number of phosphoric ester groups is 1. The number of nitrogens with one attached hydrogen (secondary N) is 1. The van der Waals surface area contributed by atoms with Gasteiger partial charge in [-0.25, -0.2) is 4.57 Å². The SMILES string of the molecule is CCCCC/C=C/C(O)C(COP(=O)(O)OCC[N+](C)(C)C)NC(=O)CCCCCCCCCC. The van der Waals surface area contributed by atoms with Crippen LogP contribution in [0.5, 0.6) is 0 Å². The molecule has 0 radical (unpaired) electrons. The van der Waals surface area contributed by atoms with Crippen LogP contribution in [0, 0.1) is 0 Å². The Labute approximate surface area is 214 Å². The molecule has 0 aliphatic carbocycles. The van der Waals surface area contributed by atoms with Crippen LogP contribution in [0.3, 0.4) is 0 Å². The predicted molar refractivity (Wildman–Crippen MR) is 143 cm³/mol. The Hall–Kier alpha value is -0.760. The van der Waals surface area contributed by atoms with E-state index in [0.717, 1.165) is 44.9 Å². The van der Waals surface area contributed by atoms with Crippen molar-refractivity contribution in [2.24, 2.45) is 0 Å². The van der Waals surface area contributed by atoms with Gasteiger partial charge in [0, 0.05) is 6.42 Å². The number of aliphatic hydroxyl groups is 1. The molecule has 0 aliphatic rings. The van der Waals surface area contributed by atoms with Gasteiger partial charge >= 0.3 is 7.82 Å². The number of amides is 1. The summed E-state index contributed by atoms with van der Waals surface area (Å²) in [6, 6.07) is -0.832. The normalized spacial score (nSPS) is 15.7. The highest BCUT2D eigenvalue weighted by atomic mass is 31.2. The van der Waals surface area contributed by atoms with E-state index in [1.54, 1.807) is 6.08 Å². The standard InChI is InChI=1S/C26H53N2O6P/c1-6-8-10-12-13-14-16-18-20-26(30)27-24(25(29)19-17-15-11-9-7-2)23-34-35(31,32)33-22-21-28(3,4)5/h17,19,24-25,29H,6-16,18,20-23H2,1-5H3,(H-,27,30,31,32)/p+1/b19-17+. The minimum Gasteiger partial charge on any atom is -0.387 e. The lowest BCUT2D eigenvalue weighted by Crippen LogP contribution is -2.45. The third-order valence-electron chi connectivity index (χ3n) is 5.76. The van der Waals surface area contributed by atoms with Crippen molar-refractivity contribution in [2.45, 2.75) is 109 Å². The van der Waals surface area contributed by atoms with Gasteiger partial charge in [-0.15, -0.1) is 0 Å². The van der Waals surface area contributed by atoms with Gasteiger partial charge < -0.3 is 19.8 Å². The fourth-order valence-electron chi connectivity index (χ4n) is 3.45. The predicted octanol–water partition coefficient (Wildman–Crippen LogP) is 5.34. The second kappa shape index (κ2) is 20.3. The Balaban J connectivity index is 4.68. The Morgan fingerprint density at radius 1 is 0.943 bits per heavy atom. The summed E-state index contributed by atoms with van der Waals surface area (Å²) in [5, 5.41) is 13.4. The summed E-state index contributed by atoms with van der Waals surface area (Å²) in [4.78, 5) is 22.5. The molecule has 0 aromatic heterocycles. The zero-order valence-corrected chi connectivity index (χ0v) is 23.9. The molecule has 0 rings (SSSR count). The number of carbonyl (C=O) groups excluding carboxylic acids is 1. The topological polar surface area (TPSA) is 105 Å². The number of likely N-dealkylation sites (N-methyl/N-ethyl adjacent to an activating group) is 1. The maximum Gasteiger partial charge on any atom is 0.472 e. The van der Waals surface area contributed by atoms with Crippen molar-refractivity contribution in [1.82, 2.24) is 5.32 Å². The van der Waals surface area contributed by atoms with Crippen molar-refractivity contribution in [2.75, 3.05) is 40.9 Å². The van der Waals surface area contributed by atoms with Crippen molar-refractivity contribution in [3.05, 3.63) is 12.2 Å². The summed E-state index contributed by atoms with van der Waals surface area (Å²) in [6.07, 6.45) is 16.0. The van der Waals surface area contributed by atoms with E-state index in [1.807, 2.05) is 27.2 Å². The second-order valence-corrected chi connectivity index (χ2v) is 11.9. The van der Waals surface area contributed by atoms with Crippen LogP contribution >= 0.6 is 7.82 Å². The second-order valence-electron chi connectivity index (χ2n) is 10.4. The van der Waals surface area contributed by atoms with Crippen LogP contribution in [0.1, 0.15) is 97.3 Å². The molecule has 8 nitrogen and oxygen atoms in total. The Bertz CT molecular complexity index is 609. The largest absolute Gasteiger partial charge is 0.472 e. The average molecular weight is 522 g/mol. The third-order valence-corrected chi connectivity index (χ3v) is 6.74. The molecule has 1 amide bonds. The van der Waals surface area contributed by atoms with Crippen LogP contribution in [0.15, 0.2) is 12.2 Å². The first-order chi connectivity index (χ1) is 16.5. The Morgan fingerprint density at radius 2 is 1.51 bits per heavy atom.